The van der Waals surface area contributed by atoms with Crippen LogP contribution in [0.25, 0.3) is 11.3 Å². The fourth-order valence-electron chi connectivity index (χ4n) is 1.32. The molecule has 0 bridgehead atoms. The van der Waals surface area contributed by atoms with Crippen molar-refractivity contribution in [1.29, 1.82) is 0 Å². The molecule has 2 aromatic rings. The topological polar surface area (TPSA) is 77.8 Å². The van der Waals surface area contributed by atoms with E-state index < -0.39 is 0 Å². The van der Waals surface area contributed by atoms with Crippen molar-refractivity contribution in [1.82, 2.24) is 9.97 Å². The number of hydrogen-bond acceptors (Lipinski definition) is 4. The summed E-state index contributed by atoms with van der Waals surface area (Å²) in [6, 6.07) is 6.71. The fourth-order valence-corrected chi connectivity index (χ4v) is 1.83. The van der Waals surface area contributed by atoms with Gasteiger partial charge in [-0.1, -0.05) is 23.2 Å². The Morgan fingerprint density at radius 2 is 1.75 bits per heavy atom. The average molecular weight is 255 g/mol. The summed E-state index contributed by atoms with van der Waals surface area (Å²) in [4.78, 5) is 7.84. The lowest BCUT2D eigenvalue weighted by Crippen LogP contribution is -2.00. The number of rotatable bonds is 1. The minimum absolute atomic E-state index is 0.112. The van der Waals surface area contributed by atoms with Crippen LogP contribution in [-0.4, -0.2) is 9.97 Å². The predicted octanol–water partition coefficient (Wildman–Crippen LogP) is 2.61. The van der Waals surface area contributed by atoms with Gasteiger partial charge >= 0.3 is 0 Å². The molecule has 0 saturated heterocycles. The molecule has 1 aromatic heterocycles. The summed E-state index contributed by atoms with van der Waals surface area (Å²) >= 11 is 11.8. The summed E-state index contributed by atoms with van der Waals surface area (Å²) in [7, 11) is 0. The molecule has 0 radical (unpaired) electrons. The van der Waals surface area contributed by atoms with Crippen LogP contribution in [0.3, 0.4) is 0 Å². The summed E-state index contributed by atoms with van der Waals surface area (Å²) in [5, 5.41) is 1.05. The van der Waals surface area contributed by atoms with Gasteiger partial charge in [-0.2, -0.15) is 4.98 Å². The zero-order valence-electron chi connectivity index (χ0n) is 8.11. The lowest BCUT2D eigenvalue weighted by molar-refractivity contribution is 1.20. The largest absolute Gasteiger partial charge is 0.384 e. The Bertz CT molecular complexity index is 522. The molecular weight excluding hydrogens is 247 g/mol. The van der Waals surface area contributed by atoms with E-state index in [-0.39, 0.29) is 5.95 Å². The minimum Gasteiger partial charge on any atom is -0.384 e. The number of benzene rings is 1. The van der Waals surface area contributed by atoms with Crippen LogP contribution in [0.15, 0.2) is 24.3 Å². The Morgan fingerprint density at radius 3 is 2.38 bits per heavy atom. The van der Waals surface area contributed by atoms with E-state index in [0.717, 1.165) is 0 Å². The number of aromatic nitrogens is 2. The maximum atomic E-state index is 6.04. The van der Waals surface area contributed by atoms with Crippen molar-refractivity contribution in [2.75, 3.05) is 11.5 Å². The van der Waals surface area contributed by atoms with E-state index in [9.17, 15) is 0 Å². The molecule has 4 nitrogen and oxygen atoms in total. The number of anilines is 2. The van der Waals surface area contributed by atoms with Crippen LogP contribution in [0.4, 0.5) is 11.8 Å². The number of nitrogen functional groups attached to an aromatic ring is 2. The lowest BCUT2D eigenvalue weighted by atomic mass is 10.1. The highest BCUT2D eigenvalue weighted by atomic mass is 35.5. The summed E-state index contributed by atoms with van der Waals surface area (Å²) < 4.78 is 0. The number of hydrogen-bond donors (Lipinski definition) is 2. The van der Waals surface area contributed by atoms with Crippen molar-refractivity contribution in [3.63, 3.8) is 0 Å². The van der Waals surface area contributed by atoms with Crippen molar-refractivity contribution in [3.05, 3.63) is 34.3 Å². The second-order valence-corrected chi connectivity index (χ2v) is 4.00. The molecule has 4 N–H and O–H groups in total. The Kier molecular flexibility index (Phi) is 2.85. The first-order valence-corrected chi connectivity index (χ1v) is 5.17. The summed E-state index contributed by atoms with van der Waals surface area (Å²) in [6.45, 7) is 0. The van der Waals surface area contributed by atoms with E-state index in [1.165, 1.54) is 0 Å². The first-order valence-electron chi connectivity index (χ1n) is 4.42. The molecule has 0 spiro atoms. The van der Waals surface area contributed by atoms with Gasteiger partial charge in [0.2, 0.25) is 5.95 Å². The molecule has 82 valence electrons. The third-order valence-electron chi connectivity index (χ3n) is 1.97. The van der Waals surface area contributed by atoms with Gasteiger partial charge in [-0.15, -0.1) is 0 Å². The van der Waals surface area contributed by atoms with Gasteiger partial charge in [0.15, 0.2) is 0 Å². The van der Waals surface area contributed by atoms with Gasteiger partial charge in [0.25, 0.3) is 0 Å². The van der Waals surface area contributed by atoms with E-state index in [2.05, 4.69) is 9.97 Å². The van der Waals surface area contributed by atoms with Crippen molar-refractivity contribution >= 4 is 35.0 Å². The molecule has 0 amide bonds. The first kappa shape index (κ1) is 11.0. The van der Waals surface area contributed by atoms with E-state index >= 15 is 0 Å². The number of halogens is 2. The van der Waals surface area contributed by atoms with E-state index in [1.54, 1.807) is 24.3 Å². The molecular formula is C10H8Cl2N4. The number of nitrogens with zero attached hydrogens (tertiary/aromatic N) is 2. The highest BCUT2D eigenvalue weighted by Gasteiger charge is 2.07. The van der Waals surface area contributed by atoms with Crippen molar-refractivity contribution < 1.29 is 0 Å². The Labute approximate surface area is 102 Å². The van der Waals surface area contributed by atoms with Crippen molar-refractivity contribution in [2.45, 2.75) is 0 Å². The maximum Gasteiger partial charge on any atom is 0.222 e. The monoisotopic (exact) mass is 254 g/mol. The molecule has 1 heterocycles. The van der Waals surface area contributed by atoms with E-state index in [4.69, 9.17) is 34.7 Å². The van der Waals surface area contributed by atoms with Crippen LogP contribution in [0.5, 0.6) is 0 Å². The Hall–Kier alpha value is -1.52. The maximum absolute atomic E-state index is 6.04. The van der Waals surface area contributed by atoms with Crippen LogP contribution in [0.1, 0.15) is 0 Å². The molecule has 0 saturated carbocycles. The van der Waals surface area contributed by atoms with Gasteiger partial charge in [-0.3, -0.25) is 0 Å². The van der Waals surface area contributed by atoms with Gasteiger partial charge in [0.05, 0.1) is 10.7 Å². The SMILES string of the molecule is Nc1cc(-c2ccc(Cl)cc2Cl)nc(N)n1. The molecule has 0 aliphatic rings. The molecule has 6 heteroatoms. The minimum atomic E-state index is 0.112. The standard InChI is InChI=1S/C10H8Cl2N4/c11-5-1-2-6(7(12)3-5)8-4-9(13)16-10(14)15-8/h1-4H,(H4,13,14,15,16). The molecule has 0 atom stereocenters. The zero-order chi connectivity index (χ0) is 11.7. The molecule has 1 aromatic carbocycles. The predicted molar refractivity (Wildman–Crippen MR) is 66.3 cm³/mol. The quantitative estimate of drug-likeness (QED) is 0.820. The van der Waals surface area contributed by atoms with E-state index in [0.29, 0.717) is 27.1 Å². The summed E-state index contributed by atoms with van der Waals surface area (Å²) in [6.07, 6.45) is 0. The van der Waals surface area contributed by atoms with Gasteiger partial charge in [0, 0.05) is 16.7 Å². The molecule has 16 heavy (non-hydrogen) atoms. The molecule has 0 aliphatic heterocycles. The third-order valence-corrected chi connectivity index (χ3v) is 2.52. The van der Waals surface area contributed by atoms with Crippen LogP contribution >= 0.6 is 23.2 Å². The van der Waals surface area contributed by atoms with Gasteiger partial charge in [-0.05, 0) is 18.2 Å². The first-order chi connectivity index (χ1) is 7.56. The van der Waals surface area contributed by atoms with Crippen molar-refractivity contribution in [2.24, 2.45) is 0 Å². The number of nitrogens with two attached hydrogens (primary N) is 2. The third kappa shape index (κ3) is 2.18. The lowest BCUT2D eigenvalue weighted by Gasteiger charge is -2.05. The Balaban J connectivity index is 2.58. The summed E-state index contributed by atoms with van der Waals surface area (Å²) in [5.41, 5.74) is 12.4. The molecule has 2 rings (SSSR count). The highest BCUT2D eigenvalue weighted by molar-refractivity contribution is 6.36. The van der Waals surface area contributed by atoms with Crippen LogP contribution in [0, 0.1) is 0 Å². The van der Waals surface area contributed by atoms with E-state index in [1.807, 2.05) is 0 Å². The smallest absolute Gasteiger partial charge is 0.222 e. The van der Waals surface area contributed by atoms with Gasteiger partial charge < -0.3 is 11.5 Å². The Morgan fingerprint density at radius 1 is 1.00 bits per heavy atom. The van der Waals surface area contributed by atoms with Crippen LogP contribution in [-0.2, 0) is 0 Å². The van der Waals surface area contributed by atoms with Gasteiger partial charge in [0.1, 0.15) is 5.82 Å². The molecule has 0 aliphatic carbocycles. The van der Waals surface area contributed by atoms with Crippen molar-refractivity contribution in [3.8, 4) is 11.3 Å². The van der Waals surface area contributed by atoms with Gasteiger partial charge in [-0.25, -0.2) is 4.98 Å². The fraction of sp³-hybridized carbons (Fsp3) is 0. The molecule has 0 fully saturated rings. The normalized spacial score (nSPS) is 10.4. The second kappa shape index (κ2) is 4.15. The highest BCUT2D eigenvalue weighted by Crippen LogP contribution is 2.29. The molecule has 0 unspecified atom stereocenters. The zero-order valence-corrected chi connectivity index (χ0v) is 9.63. The van der Waals surface area contributed by atoms with Crippen LogP contribution < -0.4 is 11.5 Å². The second-order valence-electron chi connectivity index (χ2n) is 3.16. The van der Waals surface area contributed by atoms with Crippen LogP contribution in [0.2, 0.25) is 10.0 Å². The summed E-state index contributed by atoms with van der Waals surface area (Å²) in [5.74, 6) is 0.412. The average Bonchev–Trinajstić information content (AvgIpc) is 2.15.